The molecule has 3 nitrogen and oxygen atoms in total. The Labute approximate surface area is 139 Å². The maximum absolute atomic E-state index is 2.77. The average Bonchev–Trinajstić information content (AvgIpc) is 3.15. The van der Waals surface area contributed by atoms with Gasteiger partial charge in [0.05, 0.1) is 0 Å². The van der Waals surface area contributed by atoms with Crippen molar-refractivity contribution < 1.29 is 0 Å². The van der Waals surface area contributed by atoms with E-state index in [4.69, 9.17) is 0 Å². The molecule has 0 atom stereocenters. The molecule has 0 radical (unpaired) electrons. The van der Waals surface area contributed by atoms with E-state index in [1.54, 1.807) is 0 Å². The summed E-state index contributed by atoms with van der Waals surface area (Å²) in [4.78, 5) is 5.42. The predicted molar refractivity (Wildman–Crippen MR) is 96.6 cm³/mol. The molecule has 2 fully saturated rings. The van der Waals surface area contributed by atoms with Gasteiger partial charge in [-0.05, 0) is 55.4 Å². The zero-order valence-electron chi connectivity index (χ0n) is 14.4. The van der Waals surface area contributed by atoms with Crippen molar-refractivity contribution in [1.82, 2.24) is 14.4 Å². The number of hydrogen-bond donors (Lipinski definition) is 0. The van der Waals surface area contributed by atoms with Crippen LogP contribution in [0.15, 0.2) is 30.5 Å². The van der Waals surface area contributed by atoms with Gasteiger partial charge < -0.3 is 4.57 Å². The van der Waals surface area contributed by atoms with Gasteiger partial charge in [-0.15, -0.1) is 0 Å². The summed E-state index contributed by atoms with van der Waals surface area (Å²) in [7, 11) is 2.14. The predicted octanol–water partition coefficient (Wildman–Crippen LogP) is 3.63. The van der Waals surface area contributed by atoms with Gasteiger partial charge in [0.15, 0.2) is 0 Å². The standard InChI is InChI=1S/C20H29N3/c1-21-12-9-18-8-7-17(15-20(18)21)16-22-10-4-11-23(14-13-22)19-5-2-3-6-19/h7-9,12,15,19H,2-6,10-11,13-14,16H2,1H3. The van der Waals surface area contributed by atoms with Crippen molar-refractivity contribution in [1.29, 1.82) is 0 Å². The van der Waals surface area contributed by atoms with Crippen LogP contribution in [-0.2, 0) is 13.6 Å². The molecular weight excluding hydrogens is 282 g/mol. The largest absolute Gasteiger partial charge is 0.351 e. The molecule has 0 N–H and O–H groups in total. The summed E-state index contributed by atoms with van der Waals surface area (Å²) in [6, 6.07) is 10.0. The zero-order chi connectivity index (χ0) is 15.6. The third-order valence-electron chi connectivity index (χ3n) is 5.82. The van der Waals surface area contributed by atoms with Gasteiger partial charge in [-0.3, -0.25) is 9.80 Å². The van der Waals surface area contributed by atoms with Crippen molar-refractivity contribution in [2.75, 3.05) is 26.2 Å². The molecule has 124 valence electrons. The van der Waals surface area contributed by atoms with E-state index in [1.165, 1.54) is 74.7 Å². The second-order valence-corrected chi connectivity index (χ2v) is 7.42. The summed E-state index contributed by atoms with van der Waals surface area (Å²) >= 11 is 0. The summed E-state index contributed by atoms with van der Waals surface area (Å²) in [6.45, 7) is 6.13. The molecule has 1 saturated carbocycles. The summed E-state index contributed by atoms with van der Waals surface area (Å²) in [5, 5.41) is 1.35. The Kier molecular flexibility index (Phi) is 4.41. The molecule has 0 bridgehead atoms. The van der Waals surface area contributed by atoms with Gasteiger partial charge in [0, 0.05) is 44.4 Å². The molecule has 1 aliphatic carbocycles. The molecular formula is C20H29N3. The minimum atomic E-state index is 0.884. The zero-order valence-corrected chi connectivity index (χ0v) is 14.4. The molecule has 1 aromatic heterocycles. The van der Waals surface area contributed by atoms with Crippen molar-refractivity contribution in [3.05, 3.63) is 36.0 Å². The fourth-order valence-corrected chi connectivity index (χ4v) is 4.45. The van der Waals surface area contributed by atoms with Gasteiger partial charge in [-0.25, -0.2) is 0 Å². The summed E-state index contributed by atoms with van der Waals surface area (Å²) in [5.41, 5.74) is 2.80. The second kappa shape index (κ2) is 6.66. The van der Waals surface area contributed by atoms with Crippen LogP contribution in [0.1, 0.15) is 37.7 Å². The van der Waals surface area contributed by atoms with Crippen molar-refractivity contribution in [2.24, 2.45) is 7.05 Å². The van der Waals surface area contributed by atoms with Gasteiger partial charge in [-0.2, -0.15) is 0 Å². The molecule has 4 rings (SSSR count). The molecule has 2 aliphatic rings. The van der Waals surface area contributed by atoms with Crippen molar-refractivity contribution in [2.45, 2.75) is 44.7 Å². The molecule has 2 heterocycles. The number of rotatable bonds is 3. The highest BCUT2D eigenvalue weighted by Gasteiger charge is 2.24. The van der Waals surface area contributed by atoms with Crippen molar-refractivity contribution in [3.63, 3.8) is 0 Å². The lowest BCUT2D eigenvalue weighted by atomic mass is 10.1. The first-order valence-electron chi connectivity index (χ1n) is 9.30. The maximum Gasteiger partial charge on any atom is 0.0480 e. The lowest BCUT2D eigenvalue weighted by Gasteiger charge is -2.27. The first-order chi connectivity index (χ1) is 11.3. The third-order valence-corrected chi connectivity index (χ3v) is 5.82. The Morgan fingerprint density at radius 1 is 0.957 bits per heavy atom. The number of benzene rings is 1. The quantitative estimate of drug-likeness (QED) is 0.857. The molecule has 0 spiro atoms. The minimum Gasteiger partial charge on any atom is -0.351 e. The van der Waals surface area contributed by atoms with E-state index in [0.717, 1.165) is 12.6 Å². The van der Waals surface area contributed by atoms with Crippen LogP contribution in [0.5, 0.6) is 0 Å². The molecule has 1 aliphatic heterocycles. The Morgan fingerprint density at radius 2 is 1.83 bits per heavy atom. The second-order valence-electron chi connectivity index (χ2n) is 7.42. The first-order valence-corrected chi connectivity index (χ1v) is 9.30. The fourth-order valence-electron chi connectivity index (χ4n) is 4.45. The number of nitrogens with zero attached hydrogens (tertiary/aromatic N) is 3. The normalized spacial score (nSPS) is 22.0. The molecule has 2 aromatic rings. The fraction of sp³-hybridized carbons (Fsp3) is 0.600. The van der Waals surface area contributed by atoms with E-state index in [-0.39, 0.29) is 0 Å². The van der Waals surface area contributed by atoms with E-state index < -0.39 is 0 Å². The number of aromatic nitrogens is 1. The van der Waals surface area contributed by atoms with Gasteiger partial charge >= 0.3 is 0 Å². The van der Waals surface area contributed by atoms with Crippen LogP contribution in [0.4, 0.5) is 0 Å². The van der Waals surface area contributed by atoms with Crippen LogP contribution in [0.2, 0.25) is 0 Å². The van der Waals surface area contributed by atoms with E-state index in [1.807, 2.05) is 0 Å². The monoisotopic (exact) mass is 311 g/mol. The Bertz CT molecular complexity index is 654. The minimum absolute atomic E-state index is 0.884. The molecule has 1 aromatic carbocycles. The highest BCUT2D eigenvalue weighted by Crippen LogP contribution is 2.25. The van der Waals surface area contributed by atoms with Crippen LogP contribution in [0, 0.1) is 0 Å². The van der Waals surface area contributed by atoms with Crippen LogP contribution in [0.3, 0.4) is 0 Å². The summed E-state index contributed by atoms with van der Waals surface area (Å²) < 4.78 is 2.23. The van der Waals surface area contributed by atoms with E-state index >= 15 is 0 Å². The topological polar surface area (TPSA) is 11.4 Å². The van der Waals surface area contributed by atoms with Gasteiger partial charge in [0.2, 0.25) is 0 Å². The molecule has 3 heteroatoms. The highest BCUT2D eigenvalue weighted by atomic mass is 15.2. The SMILES string of the molecule is Cn1ccc2ccc(CN3CCCN(C4CCCC4)CC3)cc21. The van der Waals surface area contributed by atoms with Crippen molar-refractivity contribution >= 4 is 10.9 Å². The average molecular weight is 311 g/mol. The third kappa shape index (κ3) is 3.31. The molecule has 0 amide bonds. The number of aryl methyl sites for hydroxylation is 1. The molecule has 23 heavy (non-hydrogen) atoms. The lowest BCUT2D eigenvalue weighted by Crippen LogP contribution is -2.36. The summed E-state index contributed by atoms with van der Waals surface area (Å²) in [5.74, 6) is 0. The first kappa shape index (κ1) is 15.2. The van der Waals surface area contributed by atoms with Crippen LogP contribution >= 0.6 is 0 Å². The number of hydrogen-bond acceptors (Lipinski definition) is 2. The Hall–Kier alpha value is -1.32. The Morgan fingerprint density at radius 3 is 2.70 bits per heavy atom. The highest BCUT2D eigenvalue weighted by molar-refractivity contribution is 5.80. The van der Waals surface area contributed by atoms with Crippen LogP contribution in [-0.4, -0.2) is 46.6 Å². The molecule has 0 unspecified atom stereocenters. The summed E-state index contributed by atoms with van der Waals surface area (Å²) in [6.07, 6.45) is 9.24. The lowest BCUT2D eigenvalue weighted by molar-refractivity contribution is 0.198. The van der Waals surface area contributed by atoms with Gasteiger partial charge in [0.25, 0.3) is 0 Å². The smallest absolute Gasteiger partial charge is 0.0480 e. The molecule has 1 saturated heterocycles. The van der Waals surface area contributed by atoms with Gasteiger partial charge in [-0.1, -0.05) is 25.0 Å². The Balaban J connectivity index is 1.40. The van der Waals surface area contributed by atoms with Crippen LogP contribution in [0.25, 0.3) is 10.9 Å². The van der Waals surface area contributed by atoms with Crippen LogP contribution < -0.4 is 0 Å². The van der Waals surface area contributed by atoms with E-state index in [2.05, 4.69) is 51.9 Å². The maximum atomic E-state index is 2.77. The van der Waals surface area contributed by atoms with Crippen molar-refractivity contribution in [3.8, 4) is 0 Å². The van der Waals surface area contributed by atoms with E-state index in [9.17, 15) is 0 Å². The van der Waals surface area contributed by atoms with Gasteiger partial charge in [0.1, 0.15) is 0 Å². The van der Waals surface area contributed by atoms with E-state index in [0.29, 0.717) is 0 Å². The number of fused-ring (bicyclic) bond motifs is 1.